The highest BCUT2D eigenvalue weighted by Gasteiger charge is 2.20. The molecule has 0 aromatic heterocycles. The smallest absolute Gasteiger partial charge is 0.319 e. The summed E-state index contributed by atoms with van der Waals surface area (Å²) in [6.07, 6.45) is 1.82. The fourth-order valence-electron chi connectivity index (χ4n) is 1.90. The van der Waals surface area contributed by atoms with Crippen molar-refractivity contribution in [2.45, 2.75) is 6.04 Å². The number of hydrogen-bond acceptors (Lipinski definition) is 6. The molecular weight excluding hydrogens is 320 g/mol. The van der Waals surface area contributed by atoms with Gasteiger partial charge in [-0.25, -0.2) is 4.79 Å². The van der Waals surface area contributed by atoms with Gasteiger partial charge in [0.05, 0.1) is 6.07 Å². The lowest BCUT2D eigenvalue weighted by Gasteiger charge is -2.17. The Balaban J connectivity index is 1.93. The maximum absolute atomic E-state index is 12.0. The van der Waals surface area contributed by atoms with Gasteiger partial charge in [-0.2, -0.15) is 17.0 Å². The molecule has 0 saturated carbocycles. The largest absolute Gasteiger partial charge is 0.454 e. The standard InChI is InChI=1S/C14H16N4O4S/c1-23-7-10(13(19)16-5-4-15)18-14(20)17-9-2-3-11-12(6-9)22-8-21-11/h2-3,6,10H,5,7-8H2,1H3,(H,16,19)(H2,17,18,20). The summed E-state index contributed by atoms with van der Waals surface area (Å²) in [7, 11) is 0. The summed E-state index contributed by atoms with van der Waals surface area (Å²) < 4.78 is 10.4. The summed E-state index contributed by atoms with van der Waals surface area (Å²) in [6.45, 7) is 0.0506. The molecule has 0 aliphatic carbocycles. The third-order valence-corrected chi connectivity index (χ3v) is 3.59. The molecule has 1 atom stereocenters. The Morgan fingerprint density at radius 3 is 2.91 bits per heavy atom. The summed E-state index contributed by atoms with van der Waals surface area (Å²) in [5.74, 6) is 1.16. The van der Waals surface area contributed by atoms with Gasteiger partial charge in [0.25, 0.3) is 0 Å². The first-order chi connectivity index (χ1) is 11.1. The average Bonchev–Trinajstić information content (AvgIpc) is 2.99. The van der Waals surface area contributed by atoms with Crippen LogP contribution in [0.25, 0.3) is 0 Å². The molecule has 1 aliphatic heterocycles. The predicted molar refractivity (Wildman–Crippen MR) is 85.5 cm³/mol. The van der Waals surface area contributed by atoms with Gasteiger partial charge in [0.1, 0.15) is 12.6 Å². The van der Waals surface area contributed by atoms with Crippen molar-refractivity contribution in [3.8, 4) is 17.6 Å². The number of ether oxygens (including phenoxy) is 2. The molecule has 122 valence electrons. The summed E-state index contributed by atoms with van der Waals surface area (Å²) in [5.41, 5.74) is 0.520. The van der Waals surface area contributed by atoms with Crippen molar-refractivity contribution in [3.63, 3.8) is 0 Å². The molecule has 1 unspecified atom stereocenters. The summed E-state index contributed by atoms with van der Waals surface area (Å²) in [6, 6.07) is 5.58. The molecule has 0 saturated heterocycles. The molecule has 3 N–H and O–H groups in total. The molecule has 9 heteroatoms. The van der Waals surface area contributed by atoms with Gasteiger partial charge >= 0.3 is 6.03 Å². The van der Waals surface area contributed by atoms with Crippen LogP contribution >= 0.6 is 11.8 Å². The van der Waals surface area contributed by atoms with E-state index in [1.807, 2.05) is 12.3 Å². The number of nitrogens with zero attached hydrogens (tertiary/aromatic N) is 1. The monoisotopic (exact) mass is 336 g/mol. The van der Waals surface area contributed by atoms with Gasteiger partial charge in [-0.3, -0.25) is 4.79 Å². The Morgan fingerprint density at radius 2 is 2.17 bits per heavy atom. The van der Waals surface area contributed by atoms with Crippen LogP contribution < -0.4 is 25.4 Å². The maximum atomic E-state index is 12.0. The number of carbonyl (C=O) groups is 2. The fourth-order valence-corrected chi connectivity index (χ4v) is 2.47. The van der Waals surface area contributed by atoms with E-state index in [1.54, 1.807) is 18.2 Å². The van der Waals surface area contributed by atoms with E-state index in [0.29, 0.717) is 22.9 Å². The number of anilines is 1. The number of nitrogens with one attached hydrogen (secondary N) is 3. The lowest BCUT2D eigenvalue weighted by atomic mass is 10.3. The molecule has 0 radical (unpaired) electrons. The van der Waals surface area contributed by atoms with Crippen molar-refractivity contribution in [2.75, 3.05) is 30.7 Å². The minimum absolute atomic E-state index is 0.102. The van der Waals surface area contributed by atoms with Crippen molar-refractivity contribution in [1.29, 1.82) is 5.26 Å². The third-order valence-electron chi connectivity index (χ3n) is 2.93. The Bertz CT molecular complexity index is 632. The Hall–Kier alpha value is -2.60. The number of benzene rings is 1. The predicted octanol–water partition coefficient (Wildman–Crippen LogP) is 0.908. The van der Waals surface area contributed by atoms with Gasteiger partial charge in [-0.05, 0) is 18.4 Å². The molecule has 8 nitrogen and oxygen atoms in total. The Kier molecular flexibility index (Phi) is 5.94. The first-order valence-corrected chi connectivity index (χ1v) is 8.14. The van der Waals surface area contributed by atoms with E-state index in [1.165, 1.54) is 11.8 Å². The molecule has 0 fully saturated rings. The first-order valence-electron chi connectivity index (χ1n) is 6.75. The van der Waals surface area contributed by atoms with E-state index >= 15 is 0 Å². The molecule has 0 spiro atoms. The second-order valence-corrected chi connectivity index (χ2v) is 5.46. The van der Waals surface area contributed by atoms with Crippen molar-refractivity contribution in [3.05, 3.63) is 18.2 Å². The van der Waals surface area contributed by atoms with Crippen LogP contribution in [0.4, 0.5) is 10.5 Å². The topological polar surface area (TPSA) is 112 Å². The highest BCUT2D eigenvalue weighted by Crippen LogP contribution is 2.34. The second kappa shape index (κ2) is 8.14. The van der Waals surface area contributed by atoms with Crippen molar-refractivity contribution < 1.29 is 19.1 Å². The SMILES string of the molecule is CSCC(NC(=O)Nc1ccc2c(c1)OCO2)C(=O)NCC#N. The molecule has 1 aromatic carbocycles. The number of amides is 3. The van der Waals surface area contributed by atoms with Gasteiger partial charge in [0, 0.05) is 17.5 Å². The Labute approximate surface area is 137 Å². The van der Waals surface area contributed by atoms with Crippen LogP contribution in [0.3, 0.4) is 0 Å². The third kappa shape index (κ3) is 4.69. The van der Waals surface area contributed by atoms with Crippen molar-refractivity contribution in [2.24, 2.45) is 0 Å². The zero-order valence-electron chi connectivity index (χ0n) is 12.4. The first kappa shape index (κ1) is 16.8. The van der Waals surface area contributed by atoms with Crippen molar-refractivity contribution in [1.82, 2.24) is 10.6 Å². The van der Waals surface area contributed by atoms with Gasteiger partial charge in [0.15, 0.2) is 11.5 Å². The average molecular weight is 336 g/mol. The highest BCUT2D eigenvalue weighted by atomic mass is 32.2. The van der Waals surface area contributed by atoms with E-state index in [0.717, 1.165) is 0 Å². The number of fused-ring (bicyclic) bond motifs is 1. The Morgan fingerprint density at radius 1 is 1.39 bits per heavy atom. The van der Waals surface area contributed by atoms with E-state index in [9.17, 15) is 9.59 Å². The lowest BCUT2D eigenvalue weighted by Crippen LogP contribution is -2.49. The molecule has 2 rings (SSSR count). The lowest BCUT2D eigenvalue weighted by molar-refractivity contribution is -0.122. The van der Waals surface area contributed by atoms with Crippen LogP contribution in [0.1, 0.15) is 0 Å². The number of nitriles is 1. The summed E-state index contributed by atoms with van der Waals surface area (Å²) in [4.78, 5) is 23.9. The minimum atomic E-state index is -0.729. The van der Waals surface area contributed by atoms with E-state index in [-0.39, 0.29) is 13.3 Å². The van der Waals surface area contributed by atoms with Gasteiger partial charge in [-0.1, -0.05) is 0 Å². The number of urea groups is 1. The van der Waals surface area contributed by atoms with Crippen LogP contribution in [0.2, 0.25) is 0 Å². The molecular formula is C14H16N4O4S. The number of hydrogen-bond donors (Lipinski definition) is 3. The molecule has 0 bridgehead atoms. The van der Waals surface area contributed by atoms with Crippen molar-refractivity contribution >= 4 is 29.4 Å². The maximum Gasteiger partial charge on any atom is 0.319 e. The highest BCUT2D eigenvalue weighted by molar-refractivity contribution is 7.98. The van der Waals surface area contributed by atoms with Gasteiger partial charge < -0.3 is 25.4 Å². The van der Waals surface area contributed by atoms with Crippen LogP contribution in [0, 0.1) is 11.3 Å². The number of carbonyl (C=O) groups excluding carboxylic acids is 2. The normalized spacial score (nSPS) is 12.9. The number of thioether (sulfide) groups is 1. The molecule has 3 amide bonds. The molecule has 1 heterocycles. The number of rotatable bonds is 6. The van der Waals surface area contributed by atoms with E-state index < -0.39 is 18.0 Å². The minimum Gasteiger partial charge on any atom is -0.454 e. The summed E-state index contributed by atoms with van der Waals surface area (Å²) in [5, 5.41) is 16.1. The van der Waals surface area contributed by atoms with E-state index in [2.05, 4.69) is 16.0 Å². The molecule has 1 aromatic rings. The van der Waals surface area contributed by atoms with Crippen LogP contribution in [-0.4, -0.2) is 43.3 Å². The molecule has 1 aliphatic rings. The van der Waals surface area contributed by atoms with Crippen LogP contribution in [0.5, 0.6) is 11.5 Å². The zero-order valence-corrected chi connectivity index (χ0v) is 13.2. The van der Waals surface area contributed by atoms with Gasteiger partial charge in [-0.15, -0.1) is 0 Å². The quantitative estimate of drug-likeness (QED) is 0.666. The zero-order chi connectivity index (χ0) is 16.7. The van der Waals surface area contributed by atoms with Crippen LogP contribution in [-0.2, 0) is 4.79 Å². The van der Waals surface area contributed by atoms with E-state index in [4.69, 9.17) is 14.7 Å². The van der Waals surface area contributed by atoms with Crippen LogP contribution in [0.15, 0.2) is 18.2 Å². The molecule has 23 heavy (non-hydrogen) atoms. The fraction of sp³-hybridized carbons (Fsp3) is 0.357. The second-order valence-electron chi connectivity index (χ2n) is 4.55. The van der Waals surface area contributed by atoms with Gasteiger partial charge in [0.2, 0.25) is 12.7 Å². The summed E-state index contributed by atoms with van der Waals surface area (Å²) >= 11 is 1.41.